The van der Waals surface area contributed by atoms with Gasteiger partial charge in [-0.2, -0.15) is 0 Å². The Labute approximate surface area is 85.5 Å². The third-order valence-electron chi connectivity index (χ3n) is 2.24. The maximum Gasteiger partial charge on any atom is 0.127 e. The average Bonchev–Trinajstić information content (AvgIpc) is 2.18. The molecule has 3 nitrogen and oxygen atoms in total. The molecule has 1 atom stereocenters. The summed E-state index contributed by atoms with van der Waals surface area (Å²) in [6.07, 6.45) is 0. The van der Waals surface area contributed by atoms with Gasteiger partial charge in [0, 0.05) is 5.56 Å². The lowest BCUT2D eigenvalue weighted by Gasteiger charge is -2.12. The summed E-state index contributed by atoms with van der Waals surface area (Å²) >= 11 is 0. The summed E-state index contributed by atoms with van der Waals surface area (Å²) in [7, 11) is 3.89. The predicted molar refractivity (Wildman–Crippen MR) is 56.2 cm³/mol. The monoisotopic (exact) mass is 196 g/mol. The molecule has 0 saturated heterocycles. The summed E-state index contributed by atoms with van der Waals surface area (Å²) in [4.78, 5) is 1.48. The Kier molecular flexibility index (Phi) is 4.43. The van der Waals surface area contributed by atoms with Crippen molar-refractivity contribution in [2.75, 3.05) is 27.2 Å². The van der Waals surface area contributed by atoms with Crippen LogP contribution in [-0.4, -0.2) is 27.2 Å². The summed E-state index contributed by atoms with van der Waals surface area (Å²) in [5.41, 5.74) is 5.17. The van der Waals surface area contributed by atoms with Crippen molar-refractivity contribution in [1.82, 2.24) is 0 Å². The number of hydrogen-bond acceptors (Lipinski definition) is 1. The van der Waals surface area contributed by atoms with Crippen molar-refractivity contribution < 1.29 is 15.4 Å². The fourth-order valence-electron chi connectivity index (χ4n) is 1.52. The summed E-state index contributed by atoms with van der Waals surface area (Å²) in [5.74, 6) is 0.935. The lowest BCUT2D eigenvalue weighted by molar-refractivity contribution is -0.898. The van der Waals surface area contributed by atoms with E-state index >= 15 is 0 Å². The molecular weight excluding hydrogens is 176 g/mol. The van der Waals surface area contributed by atoms with Gasteiger partial charge in [0.15, 0.2) is 0 Å². The van der Waals surface area contributed by atoms with Gasteiger partial charge in [-0.3, -0.25) is 0 Å². The number of methoxy groups -OCH3 is 1. The molecule has 0 aliphatic heterocycles. The van der Waals surface area contributed by atoms with Crippen molar-refractivity contribution in [2.45, 2.75) is 6.54 Å². The van der Waals surface area contributed by atoms with Crippen LogP contribution in [0.3, 0.4) is 0 Å². The fourth-order valence-corrected chi connectivity index (χ4v) is 1.52. The van der Waals surface area contributed by atoms with E-state index < -0.39 is 0 Å². The van der Waals surface area contributed by atoms with Crippen LogP contribution in [0.15, 0.2) is 24.3 Å². The topological polar surface area (TPSA) is 41.3 Å². The van der Waals surface area contributed by atoms with E-state index in [2.05, 4.69) is 24.9 Å². The Morgan fingerprint density at radius 1 is 1.43 bits per heavy atom. The maximum atomic E-state index is 5.17. The molecule has 1 aromatic carbocycles. The van der Waals surface area contributed by atoms with Gasteiger partial charge in [0.05, 0.1) is 14.2 Å². The zero-order chi connectivity index (χ0) is 10.4. The molecule has 0 saturated carbocycles. The van der Waals surface area contributed by atoms with Gasteiger partial charge >= 0.3 is 0 Å². The normalized spacial score (nSPS) is 12.5. The first kappa shape index (κ1) is 11.0. The Morgan fingerprint density at radius 2 is 2.21 bits per heavy atom. The van der Waals surface area contributed by atoms with Crippen molar-refractivity contribution in [3.8, 4) is 5.75 Å². The van der Waals surface area contributed by atoms with Crippen molar-refractivity contribution in [3.63, 3.8) is 0 Å². The second kappa shape index (κ2) is 5.62. The van der Waals surface area contributed by atoms with Gasteiger partial charge in [0.2, 0.25) is 0 Å². The van der Waals surface area contributed by atoms with Crippen LogP contribution in [0.5, 0.6) is 5.75 Å². The molecule has 78 valence electrons. The smallest absolute Gasteiger partial charge is 0.127 e. The third kappa shape index (κ3) is 3.36. The van der Waals surface area contributed by atoms with Gasteiger partial charge in [0.25, 0.3) is 0 Å². The van der Waals surface area contributed by atoms with Crippen LogP contribution in [0.25, 0.3) is 0 Å². The molecule has 0 heterocycles. The molecule has 0 fully saturated rings. The van der Waals surface area contributed by atoms with Crippen LogP contribution >= 0.6 is 0 Å². The Hall–Kier alpha value is -1.06. The van der Waals surface area contributed by atoms with Crippen LogP contribution in [-0.2, 0) is 6.54 Å². The molecule has 14 heavy (non-hydrogen) atoms. The quantitative estimate of drug-likeness (QED) is 0.620. The highest BCUT2D eigenvalue weighted by Crippen LogP contribution is 2.11. The molecule has 1 rings (SSSR count). The van der Waals surface area contributed by atoms with Crippen LogP contribution in [0.2, 0.25) is 0 Å². The van der Waals surface area contributed by atoms with E-state index in [0.29, 0.717) is 0 Å². The molecule has 0 amide bonds. The zero-order valence-corrected chi connectivity index (χ0v) is 9.05. The Morgan fingerprint density at radius 3 is 2.86 bits per heavy atom. The molecule has 4 N–H and O–H groups in total. The Bertz CT molecular complexity index is 276. The van der Waals surface area contributed by atoms with E-state index in [9.17, 15) is 0 Å². The second-order valence-corrected chi connectivity index (χ2v) is 3.59. The molecular formula is C11H20N2O+2. The first-order valence-electron chi connectivity index (χ1n) is 4.99. The molecule has 0 aliphatic carbocycles. The average molecular weight is 196 g/mol. The standard InChI is InChI=1S/C11H18N2O/c1-13(7-6-12)9-10-4-3-5-11(8-10)14-2/h3-5,8H,6-7,9,12H2,1-2H3/p+2. The lowest BCUT2D eigenvalue weighted by Crippen LogP contribution is -3.09. The van der Waals surface area contributed by atoms with Crippen molar-refractivity contribution in [1.29, 1.82) is 0 Å². The SMILES string of the molecule is COc1cccc(C[NH+](C)CC[NH3+])c1. The summed E-state index contributed by atoms with van der Waals surface area (Å²) in [5, 5.41) is 0. The minimum atomic E-state index is 0.935. The highest BCUT2D eigenvalue weighted by molar-refractivity contribution is 5.27. The minimum absolute atomic E-state index is 0.935. The van der Waals surface area contributed by atoms with E-state index in [1.807, 2.05) is 12.1 Å². The first-order chi connectivity index (χ1) is 6.76. The van der Waals surface area contributed by atoms with Crippen LogP contribution in [0.4, 0.5) is 0 Å². The summed E-state index contributed by atoms with van der Waals surface area (Å²) in [6.45, 7) is 3.12. The predicted octanol–water partition coefficient (Wildman–Crippen LogP) is -1.05. The number of quaternary nitrogens is 2. The molecule has 1 unspecified atom stereocenters. The second-order valence-electron chi connectivity index (χ2n) is 3.59. The van der Waals surface area contributed by atoms with Crippen LogP contribution < -0.4 is 15.4 Å². The van der Waals surface area contributed by atoms with Crippen LogP contribution in [0.1, 0.15) is 5.56 Å². The van der Waals surface area contributed by atoms with E-state index in [-0.39, 0.29) is 0 Å². The van der Waals surface area contributed by atoms with E-state index in [1.165, 1.54) is 10.5 Å². The van der Waals surface area contributed by atoms with Crippen molar-refractivity contribution >= 4 is 0 Å². The molecule has 0 radical (unpaired) electrons. The number of ether oxygens (including phenoxy) is 1. The largest absolute Gasteiger partial charge is 0.497 e. The fraction of sp³-hybridized carbons (Fsp3) is 0.455. The minimum Gasteiger partial charge on any atom is -0.497 e. The highest BCUT2D eigenvalue weighted by atomic mass is 16.5. The molecule has 0 spiro atoms. The van der Waals surface area contributed by atoms with Crippen LogP contribution in [0, 0.1) is 0 Å². The lowest BCUT2D eigenvalue weighted by atomic mass is 10.2. The van der Waals surface area contributed by atoms with Gasteiger partial charge in [-0.15, -0.1) is 0 Å². The van der Waals surface area contributed by atoms with E-state index in [4.69, 9.17) is 4.74 Å². The number of hydrogen-bond donors (Lipinski definition) is 2. The van der Waals surface area contributed by atoms with Gasteiger partial charge < -0.3 is 15.4 Å². The van der Waals surface area contributed by atoms with E-state index in [1.54, 1.807) is 7.11 Å². The highest BCUT2D eigenvalue weighted by Gasteiger charge is 2.03. The number of likely N-dealkylation sites (N-methyl/N-ethyl adjacent to an activating group) is 1. The van der Waals surface area contributed by atoms with Crippen molar-refractivity contribution in [2.24, 2.45) is 0 Å². The number of rotatable bonds is 5. The molecule has 0 bridgehead atoms. The maximum absolute atomic E-state index is 5.17. The first-order valence-corrected chi connectivity index (χ1v) is 4.99. The third-order valence-corrected chi connectivity index (χ3v) is 2.24. The van der Waals surface area contributed by atoms with E-state index in [0.717, 1.165) is 25.4 Å². The van der Waals surface area contributed by atoms with Gasteiger partial charge in [-0.05, 0) is 12.1 Å². The van der Waals surface area contributed by atoms with Gasteiger partial charge in [-0.1, -0.05) is 12.1 Å². The number of nitrogens with one attached hydrogen (secondary N) is 1. The van der Waals surface area contributed by atoms with Gasteiger partial charge in [0.1, 0.15) is 25.4 Å². The summed E-state index contributed by atoms with van der Waals surface area (Å²) < 4.78 is 5.17. The molecule has 0 aromatic heterocycles. The number of benzene rings is 1. The molecule has 3 heteroatoms. The van der Waals surface area contributed by atoms with Gasteiger partial charge in [-0.25, -0.2) is 0 Å². The van der Waals surface area contributed by atoms with Crippen molar-refractivity contribution in [3.05, 3.63) is 29.8 Å². The Balaban J connectivity index is 2.57. The molecule has 0 aliphatic rings. The summed E-state index contributed by atoms with van der Waals surface area (Å²) in [6, 6.07) is 8.23. The zero-order valence-electron chi connectivity index (χ0n) is 9.05. The molecule has 1 aromatic rings.